The molecule has 2 heterocycles. The van der Waals surface area contributed by atoms with E-state index in [0.717, 1.165) is 17.9 Å². The van der Waals surface area contributed by atoms with E-state index in [1.165, 1.54) is 51.6 Å². The van der Waals surface area contributed by atoms with E-state index >= 15 is 0 Å². The molecule has 0 aromatic rings. The van der Waals surface area contributed by atoms with Gasteiger partial charge in [0.25, 0.3) is 0 Å². The van der Waals surface area contributed by atoms with Gasteiger partial charge in [0.2, 0.25) is 0 Å². The third kappa shape index (κ3) is 2.31. The molecule has 0 radical (unpaired) electrons. The van der Waals surface area contributed by atoms with Crippen LogP contribution in [0.4, 0.5) is 0 Å². The summed E-state index contributed by atoms with van der Waals surface area (Å²) in [6.45, 7) is 7.53. The van der Waals surface area contributed by atoms with Gasteiger partial charge in [-0.25, -0.2) is 0 Å². The number of piperidine rings is 2. The van der Waals surface area contributed by atoms with Gasteiger partial charge in [-0.05, 0) is 57.0 Å². The van der Waals surface area contributed by atoms with Crippen molar-refractivity contribution in [2.45, 2.75) is 58.4 Å². The maximum Gasteiger partial charge on any atom is 0.0124 e. The van der Waals surface area contributed by atoms with Crippen LogP contribution in [-0.2, 0) is 0 Å². The molecular weight excluding hydrogens is 170 g/mol. The minimum absolute atomic E-state index is 0.891. The highest BCUT2D eigenvalue weighted by Gasteiger charge is 2.32. The number of nitrogens with zero attached hydrogens (tertiary/aromatic N) is 1. The predicted molar refractivity (Wildman–Crippen MR) is 61.4 cm³/mol. The molecule has 0 aromatic carbocycles. The Morgan fingerprint density at radius 2 is 1.86 bits per heavy atom. The van der Waals surface area contributed by atoms with Crippen LogP contribution in [0.15, 0.2) is 0 Å². The quantitative estimate of drug-likeness (QED) is 0.653. The van der Waals surface area contributed by atoms with Crippen molar-refractivity contribution in [1.82, 2.24) is 4.90 Å². The van der Waals surface area contributed by atoms with Crippen molar-refractivity contribution in [2.75, 3.05) is 13.1 Å². The molecule has 2 rings (SSSR count). The van der Waals surface area contributed by atoms with Crippen LogP contribution in [0.3, 0.4) is 0 Å². The van der Waals surface area contributed by atoms with Crippen LogP contribution in [0.5, 0.6) is 0 Å². The van der Waals surface area contributed by atoms with Crippen molar-refractivity contribution in [2.24, 2.45) is 11.8 Å². The summed E-state index contributed by atoms with van der Waals surface area (Å²) >= 11 is 0. The highest BCUT2D eigenvalue weighted by Crippen LogP contribution is 2.34. The Labute approximate surface area is 88.9 Å². The maximum atomic E-state index is 2.78. The van der Waals surface area contributed by atoms with Gasteiger partial charge >= 0.3 is 0 Å². The monoisotopic (exact) mass is 195 g/mol. The van der Waals surface area contributed by atoms with Gasteiger partial charge in [-0.1, -0.05) is 20.3 Å². The van der Waals surface area contributed by atoms with E-state index in [1.54, 1.807) is 0 Å². The van der Waals surface area contributed by atoms with Crippen LogP contribution >= 0.6 is 0 Å². The minimum atomic E-state index is 0.891. The van der Waals surface area contributed by atoms with Gasteiger partial charge < -0.3 is 4.90 Å². The Morgan fingerprint density at radius 1 is 1.07 bits per heavy atom. The molecule has 0 spiro atoms. The average Bonchev–Trinajstić information content (AvgIpc) is 2.18. The number of fused-ring (bicyclic) bond motifs is 1. The second-order valence-electron chi connectivity index (χ2n) is 5.63. The summed E-state index contributed by atoms with van der Waals surface area (Å²) in [6.07, 6.45) is 8.83. The van der Waals surface area contributed by atoms with Crippen molar-refractivity contribution in [3.63, 3.8) is 0 Å². The van der Waals surface area contributed by atoms with Crippen molar-refractivity contribution < 1.29 is 0 Å². The molecule has 0 saturated carbocycles. The lowest BCUT2D eigenvalue weighted by molar-refractivity contribution is 0.0504. The Bertz CT molecular complexity index is 174. The van der Waals surface area contributed by atoms with Gasteiger partial charge in [0.1, 0.15) is 0 Å². The lowest BCUT2D eigenvalue weighted by Crippen LogP contribution is -2.48. The molecule has 2 aliphatic heterocycles. The summed E-state index contributed by atoms with van der Waals surface area (Å²) in [5.41, 5.74) is 0. The van der Waals surface area contributed by atoms with Crippen LogP contribution in [0.2, 0.25) is 0 Å². The number of hydrogen-bond donors (Lipinski definition) is 0. The van der Waals surface area contributed by atoms with Crippen molar-refractivity contribution >= 4 is 0 Å². The first kappa shape index (κ1) is 10.5. The first-order valence-electron chi connectivity index (χ1n) is 6.51. The fraction of sp³-hybridized carbons (Fsp3) is 1.00. The van der Waals surface area contributed by atoms with Crippen molar-refractivity contribution in [1.29, 1.82) is 0 Å². The van der Waals surface area contributed by atoms with Gasteiger partial charge in [0, 0.05) is 6.04 Å². The van der Waals surface area contributed by atoms with E-state index in [-0.39, 0.29) is 0 Å². The maximum absolute atomic E-state index is 2.78. The standard InChI is InChI=1S/C13H25N/c1-11(2)10-12-6-5-9-14-8-4-3-7-13(12)14/h11-13H,3-10H2,1-2H3. The summed E-state index contributed by atoms with van der Waals surface area (Å²) < 4.78 is 0. The summed E-state index contributed by atoms with van der Waals surface area (Å²) in [5, 5.41) is 0. The fourth-order valence-corrected chi connectivity index (χ4v) is 3.46. The van der Waals surface area contributed by atoms with Gasteiger partial charge in [0.05, 0.1) is 0 Å². The van der Waals surface area contributed by atoms with E-state index in [1.807, 2.05) is 0 Å². The average molecular weight is 195 g/mol. The van der Waals surface area contributed by atoms with Crippen molar-refractivity contribution in [3.8, 4) is 0 Å². The number of hydrogen-bond acceptors (Lipinski definition) is 1. The van der Waals surface area contributed by atoms with E-state index in [2.05, 4.69) is 18.7 Å². The molecule has 2 atom stereocenters. The summed E-state index contributed by atoms with van der Waals surface area (Å²) in [5.74, 6) is 1.91. The Hall–Kier alpha value is -0.0400. The smallest absolute Gasteiger partial charge is 0.0124 e. The molecule has 1 heteroatoms. The molecule has 2 fully saturated rings. The van der Waals surface area contributed by atoms with Crippen LogP contribution < -0.4 is 0 Å². The molecule has 0 aromatic heterocycles. The van der Waals surface area contributed by atoms with Gasteiger partial charge in [-0.3, -0.25) is 0 Å². The Kier molecular flexibility index (Phi) is 3.48. The van der Waals surface area contributed by atoms with E-state index < -0.39 is 0 Å². The second kappa shape index (κ2) is 4.65. The fourth-order valence-electron chi connectivity index (χ4n) is 3.46. The highest BCUT2D eigenvalue weighted by molar-refractivity contribution is 4.87. The van der Waals surface area contributed by atoms with E-state index in [0.29, 0.717) is 0 Å². The molecule has 2 aliphatic rings. The zero-order chi connectivity index (χ0) is 9.97. The van der Waals surface area contributed by atoms with Crippen LogP contribution in [-0.4, -0.2) is 24.0 Å². The Balaban J connectivity index is 1.94. The van der Waals surface area contributed by atoms with E-state index in [9.17, 15) is 0 Å². The summed E-state index contributed by atoms with van der Waals surface area (Å²) in [6, 6.07) is 0.958. The molecule has 0 aliphatic carbocycles. The first-order valence-corrected chi connectivity index (χ1v) is 6.51. The van der Waals surface area contributed by atoms with Gasteiger partial charge in [-0.15, -0.1) is 0 Å². The second-order valence-corrected chi connectivity index (χ2v) is 5.63. The predicted octanol–water partition coefficient (Wildman–Crippen LogP) is 3.30. The highest BCUT2D eigenvalue weighted by atomic mass is 15.2. The Morgan fingerprint density at radius 3 is 2.64 bits per heavy atom. The molecule has 0 amide bonds. The third-order valence-corrected chi connectivity index (χ3v) is 4.00. The third-order valence-electron chi connectivity index (χ3n) is 4.00. The molecule has 14 heavy (non-hydrogen) atoms. The van der Waals surface area contributed by atoms with Gasteiger partial charge in [0.15, 0.2) is 0 Å². The van der Waals surface area contributed by atoms with Crippen molar-refractivity contribution in [3.05, 3.63) is 0 Å². The normalized spacial score (nSPS) is 34.5. The van der Waals surface area contributed by atoms with Crippen LogP contribution in [0.25, 0.3) is 0 Å². The summed E-state index contributed by atoms with van der Waals surface area (Å²) in [7, 11) is 0. The van der Waals surface area contributed by atoms with Crippen LogP contribution in [0.1, 0.15) is 52.4 Å². The lowest BCUT2D eigenvalue weighted by atomic mass is 9.79. The zero-order valence-corrected chi connectivity index (χ0v) is 9.84. The van der Waals surface area contributed by atoms with Gasteiger partial charge in [-0.2, -0.15) is 0 Å². The van der Waals surface area contributed by atoms with Crippen LogP contribution in [0, 0.1) is 11.8 Å². The first-order chi connectivity index (χ1) is 6.77. The largest absolute Gasteiger partial charge is 0.300 e. The lowest BCUT2D eigenvalue weighted by Gasteiger charge is -2.45. The molecule has 2 saturated heterocycles. The minimum Gasteiger partial charge on any atom is -0.300 e. The molecule has 0 N–H and O–H groups in total. The summed E-state index contributed by atoms with van der Waals surface area (Å²) in [4.78, 5) is 2.78. The molecule has 1 nitrogen and oxygen atoms in total. The SMILES string of the molecule is CC(C)CC1CCCN2CCCCC12. The molecule has 82 valence electrons. The van der Waals surface area contributed by atoms with E-state index in [4.69, 9.17) is 0 Å². The molecular formula is C13H25N. The molecule has 0 bridgehead atoms. The topological polar surface area (TPSA) is 3.24 Å². The zero-order valence-electron chi connectivity index (χ0n) is 9.84. The molecule has 2 unspecified atom stereocenters. The number of rotatable bonds is 2.